The molecule has 16 heavy (non-hydrogen) atoms. The number of rotatable bonds is 5. The molecule has 1 saturated carbocycles. The van der Waals surface area contributed by atoms with E-state index in [-0.39, 0.29) is 23.5 Å². The summed E-state index contributed by atoms with van der Waals surface area (Å²) in [7, 11) is 0. The third kappa shape index (κ3) is 2.09. The number of aliphatic hydroxyl groups excluding tert-OH is 1. The van der Waals surface area contributed by atoms with Crippen molar-refractivity contribution in [3.63, 3.8) is 0 Å². The molecule has 0 bridgehead atoms. The summed E-state index contributed by atoms with van der Waals surface area (Å²) in [4.78, 5) is 12.1. The average molecular weight is 226 g/mol. The van der Waals surface area contributed by atoms with E-state index in [1.54, 1.807) is 0 Å². The van der Waals surface area contributed by atoms with Crippen molar-refractivity contribution in [2.24, 2.45) is 5.41 Å². The Balaban J connectivity index is 1.87. The quantitative estimate of drug-likeness (QED) is 0.636. The highest BCUT2D eigenvalue weighted by molar-refractivity contribution is 5.86. The second kappa shape index (κ2) is 4.34. The molecule has 1 unspecified atom stereocenters. The van der Waals surface area contributed by atoms with Crippen LogP contribution in [0.2, 0.25) is 0 Å². The molecule has 3 N–H and O–H groups in total. The maximum atomic E-state index is 12.1. The lowest BCUT2D eigenvalue weighted by Gasteiger charge is -2.27. The van der Waals surface area contributed by atoms with Gasteiger partial charge in [0.05, 0.1) is 12.1 Å². The van der Waals surface area contributed by atoms with Gasteiger partial charge in [-0.2, -0.15) is 0 Å². The molecule has 1 amide bonds. The molecule has 1 atom stereocenters. The van der Waals surface area contributed by atoms with Gasteiger partial charge in [-0.25, -0.2) is 0 Å². The van der Waals surface area contributed by atoms with Crippen molar-refractivity contribution in [2.75, 3.05) is 19.7 Å². The summed E-state index contributed by atoms with van der Waals surface area (Å²) >= 11 is 0. The second-order valence-electron chi connectivity index (χ2n) is 5.31. The Morgan fingerprint density at radius 3 is 2.62 bits per heavy atom. The number of hydrogen-bond acceptors (Lipinski definition) is 3. The summed E-state index contributed by atoms with van der Waals surface area (Å²) in [6, 6.07) is 0. The van der Waals surface area contributed by atoms with Crippen molar-refractivity contribution in [3.8, 4) is 0 Å². The summed E-state index contributed by atoms with van der Waals surface area (Å²) in [5, 5.41) is 15.5. The van der Waals surface area contributed by atoms with Crippen LogP contribution in [0.5, 0.6) is 0 Å². The molecule has 1 saturated heterocycles. The minimum atomic E-state index is -0.342. The van der Waals surface area contributed by atoms with Crippen LogP contribution < -0.4 is 10.6 Å². The normalized spacial score (nSPS) is 31.4. The van der Waals surface area contributed by atoms with Gasteiger partial charge >= 0.3 is 0 Å². The first-order valence-corrected chi connectivity index (χ1v) is 6.31. The van der Waals surface area contributed by atoms with Crippen LogP contribution >= 0.6 is 0 Å². The molecular formula is C12H22N2O2. The highest BCUT2D eigenvalue weighted by atomic mass is 16.3. The number of amides is 1. The number of aliphatic hydroxyl groups is 1. The van der Waals surface area contributed by atoms with Gasteiger partial charge in [-0.05, 0) is 38.6 Å². The molecule has 1 heterocycles. The largest absolute Gasteiger partial charge is 0.396 e. The Morgan fingerprint density at radius 2 is 2.19 bits per heavy atom. The molecule has 4 nitrogen and oxygen atoms in total. The molecule has 1 aliphatic heterocycles. The van der Waals surface area contributed by atoms with Crippen molar-refractivity contribution >= 4 is 5.91 Å². The van der Waals surface area contributed by atoms with Gasteiger partial charge in [-0.3, -0.25) is 4.79 Å². The molecule has 0 aromatic rings. The van der Waals surface area contributed by atoms with Crippen LogP contribution in [0.1, 0.15) is 39.0 Å². The molecule has 1 aliphatic carbocycles. The number of hydrogen-bond donors (Lipinski definition) is 3. The van der Waals surface area contributed by atoms with Gasteiger partial charge in [0, 0.05) is 12.0 Å². The highest BCUT2D eigenvalue weighted by Gasteiger charge is 2.44. The van der Waals surface area contributed by atoms with Crippen LogP contribution in [0.4, 0.5) is 0 Å². The summed E-state index contributed by atoms with van der Waals surface area (Å²) in [6.45, 7) is 3.81. The monoisotopic (exact) mass is 226 g/mol. The smallest absolute Gasteiger partial charge is 0.240 e. The Kier molecular flexibility index (Phi) is 3.22. The van der Waals surface area contributed by atoms with E-state index in [1.165, 1.54) is 0 Å². The number of carbonyl (C=O) groups excluding carboxylic acids is 1. The third-order valence-corrected chi connectivity index (χ3v) is 4.20. The van der Waals surface area contributed by atoms with Crippen molar-refractivity contribution in [1.82, 2.24) is 10.6 Å². The lowest BCUT2D eigenvalue weighted by atomic mass is 9.93. The van der Waals surface area contributed by atoms with Gasteiger partial charge in [-0.1, -0.05) is 6.92 Å². The zero-order valence-electron chi connectivity index (χ0n) is 10.0. The first kappa shape index (κ1) is 11.9. The Hall–Kier alpha value is -0.610. The van der Waals surface area contributed by atoms with Crippen molar-refractivity contribution in [3.05, 3.63) is 0 Å². The Labute approximate surface area is 96.8 Å². The minimum Gasteiger partial charge on any atom is -0.396 e. The number of nitrogens with one attached hydrogen (secondary N) is 2. The fourth-order valence-electron chi connectivity index (χ4n) is 2.47. The molecule has 0 spiro atoms. The summed E-state index contributed by atoms with van der Waals surface area (Å²) < 4.78 is 0. The van der Waals surface area contributed by atoms with Crippen LogP contribution in [0.3, 0.4) is 0 Å². The first-order chi connectivity index (χ1) is 7.66. The molecule has 2 fully saturated rings. The first-order valence-electron chi connectivity index (χ1n) is 6.31. The third-order valence-electron chi connectivity index (χ3n) is 4.20. The summed E-state index contributed by atoms with van der Waals surface area (Å²) in [5.41, 5.74) is -0.339. The maximum absolute atomic E-state index is 12.1. The fourth-order valence-corrected chi connectivity index (χ4v) is 2.47. The summed E-state index contributed by atoms with van der Waals surface area (Å²) in [5.74, 6) is 0.118. The molecule has 0 radical (unpaired) electrons. The lowest BCUT2D eigenvalue weighted by Crippen LogP contribution is -2.54. The molecule has 92 valence electrons. The number of carbonyl (C=O) groups is 1. The van der Waals surface area contributed by atoms with Gasteiger partial charge < -0.3 is 15.7 Å². The predicted molar refractivity (Wildman–Crippen MR) is 62.0 cm³/mol. The van der Waals surface area contributed by atoms with Crippen molar-refractivity contribution in [1.29, 1.82) is 0 Å². The van der Waals surface area contributed by atoms with Gasteiger partial charge in [0.1, 0.15) is 0 Å². The zero-order chi connectivity index (χ0) is 11.6. The molecule has 4 heteroatoms. The highest BCUT2D eigenvalue weighted by Crippen LogP contribution is 2.44. The van der Waals surface area contributed by atoms with E-state index in [0.29, 0.717) is 6.54 Å². The van der Waals surface area contributed by atoms with E-state index in [4.69, 9.17) is 0 Å². The topological polar surface area (TPSA) is 61.4 Å². The predicted octanol–water partition coefficient (Wildman–Crippen LogP) is 0.407. The zero-order valence-corrected chi connectivity index (χ0v) is 10.0. The van der Waals surface area contributed by atoms with Crippen LogP contribution in [-0.2, 0) is 4.79 Å². The van der Waals surface area contributed by atoms with Gasteiger partial charge in [0.2, 0.25) is 5.91 Å². The van der Waals surface area contributed by atoms with Crippen LogP contribution in [0.15, 0.2) is 0 Å². The van der Waals surface area contributed by atoms with Crippen LogP contribution in [0.25, 0.3) is 0 Å². The molecule has 2 aliphatic rings. The van der Waals surface area contributed by atoms with Gasteiger partial charge in [0.25, 0.3) is 0 Å². The van der Waals surface area contributed by atoms with Crippen LogP contribution in [0, 0.1) is 5.41 Å². The molecule has 0 aromatic heterocycles. The van der Waals surface area contributed by atoms with Gasteiger partial charge in [0.15, 0.2) is 0 Å². The Bertz CT molecular complexity index is 268. The average Bonchev–Trinajstić information content (AvgIpc) is 2.94. The van der Waals surface area contributed by atoms with Crippen LogP contribution in [-0.4, -0.2) is 36.2 Å². The van der Waals surface area contributed by atoms with Gasteiger partial charge in [-0.15, -0.1) is 0 Å². The standard InChI is InChI=1S/C12H22N2O2/c1-2-12(4-3-7-14-12)10(16)13-8-11(9-15)5-6-11/h14-15H,2-9H2,1H3,(H,13,16). The van der Waals surface area contributed by atoms with E-state index >= 15 is 0 Å². The molecule has 0 aromatic carbocycles. The fraction of sp³-hybridized carbons (Fsp3) is 0.917. The van der Waals surface area contributed by atoms with Crippen molar-refractivity contribution in [2.45, 2.75) is 44.6 Å². The SMILES string of the molecule is CCC1(C(=O)NCC2(CO)CC2)CCCN1. The minimum absolute atomic E-state index is 0.00317. The Morgan fingerprint density at radius 1 is 1.44 bits per heavy atom. The van der Waals surface area contributed by atoms with E-state index in [0.717, 1.165) is 38.6 Å². The van der Waals surface area contributed by atoms with E-state index in [1.807, 2.05) is 0 Å². The van der Waals surface area contributed by atoms with E-state index in [2.05, 4.69) is 17.6 Å². The van der Waals surface area contributed by atoms with E-state index < -0.39 is 0 Å². The molecular weight excluding hydrogens is 204 g/mol. The molecule has 2 rings (SSSR count). The summed E-state index contributed by atoms with van der Waals surface area (Å²) in [6.07, 6.45) is 4.92. The maximum Gasteiger partial charge on any atom is 0.240 e. The lowest BCUT2D eigenvalue weighted by molar-refractivity contribution is -0.127. The second-order valence-corrected chi connectivity index (χ2v) is 5.31. The van der Waals surface area contributed by atoms with E-state index in [9.17, 15) is 9.90 Å². The van der Waals surface area contributed by atoms with Crippen molar-refractivity contribution < 1.29 is 9.90 Å².